The molecule has 11 atom stereocenters. The Morgan fingerprint density at radius 3 is 1.53 bits per heavy atom. The van der Waals surface area contributed by atoms with Crippen molar-refractivity contribution in [1.29, 1.82) is 0 Å². The molecule has 0 aromatic heterocycles. The Morgan fingerprint density at radius 1 is 0.632 bits per heavy atom. The number of benzene rings is 3. The molecule has 18 nitrogen and oxygen atoms in total. The molecule has 0 radical (unpaired) electrons. The maximum absolute atomic E-state index is 11.6. The number of ether oxygens (including phenoxy) is 11. The number of fused-ring (bicyclic) bond motifs is 1. The first-order valence-corrected chi connectivity index (χ1v) is 18.1. The van der Waals surface area contributed by atoms with E-state index >= 15 is 0 Å². The van der Waals surface area contributed by atoms with E-state index in [1.54, 1.807) is 24.3 Å². The number of hydrogen-bond donors (Lipinski definition) is 7. The number of aromatic hydroxyl groups is 1. The molecule has 3 aliphatic rings. The highest BCUT2D eigenvalue weighted by Gasteiger charge is 2.49. The molecule has 3 heterocycles. The summed E-state index contributed by atoms with van der Waals surface area (Å²) in [6, 6.07) is 9.71. The lowest BCUT2D eigenvalue weighted by Crippen LogP contribution is -2.60. The average Bonchev–Trinajstić information content (AvgIpc) is 3.85. The fraction of sp³-hybridized carbons (Fsp3) is 0.538. The van der Waals surface area contributed by atoms with E-state index in [9.17, 15) is 35.7 Å². The van der Waals surface area contributed by atoms with Crippen molar-refractivity contribution >= 4 is 0 Å². The summed E-state index contributed by atoms with van der Waals surface area (Å²) < 4.78 is 63.4. The van der Waals surface area contributed by atoms with Crippen LogP contribution in [0.25, 0.3) is 0 Å². The van der Waals surface area contributed by atoms with Crippen molar-refractivity contribution in [2.24, 2.45) is 11.8 Å². The largest absolute Gasteiger partial charge is 0.502 e. The molecule has 0 saturated carbocycles. The van der Waals surface area contributed by atoms with Gasteiger partial charge in [-0.15, -0.1) is 0 Å². The molecule has 0 aliphatic carbocycles. The van der Waals surface area contributed by atoms with Gasteiger partial charge in [0.25, 0.3) is 0 Å². The summed E-state index contributed by atoms with van der Waals surface area (Å²) in [5.74, 6) is 0.826. The zero-order valence-corrected chi connectivity index (χ0v) is 32.3. The summed E-state index contributed by atoms with van der Waals surface area (Å²) in [5.41, 5.74) is 1.67. The smallest absolute Gasteiger partial charge is 0.229 e. The first-order chi connectivity index (χ1) is 27.5. The first-order valence-electron chi connectivity index (χ1n) is 18.1. The zero-order valence-electron chi connectivity index (χ0n) is 32.3. The summed E-state index contributed by atoms with van der Waals surface area (Å²) >= 11 is 0. The SMILES string of the molecule is COc1cc([C@@H]2OC[C@@H]3[C@H]2CO[C@H]3c2cc(OC)c(O[C@H](CO)[C@H](O)c3cc(OC)c(O[C@@H]4O[C@H](CO)[C@@H](O)[C@H](O)[C@H]4O)c(OC)c3)c(OC)c2)cc(OC)c1O. The second-order valence-electron chi connectivity index (χ2n) is 13.7. The lowest BCUT2D eigenvalue weighted by molar-refractivity contribution is -0.277. The van der Waals surface area contributed by atoms with E-state index in [-0.39, 0.29) is 75.2 Å². The molecule has 0 bridgehead atoms. The predicted molar refractivity (Wildman–Crippen MR) is 196 cm³/mol. The van der Waals surface area contributed by atoms with Crippen molar-refractivity contribution in [3.63, 3.8) is 0 Å². The molecule has 314 valence electrons. The van der Waals surface area contributed by atoms with Gasteiger partial charge in [0, 0.05) is 11.8 Å². The summed E-state index contributed by atoms with van der Waals surface area (Å²) in [7, 11) is 8.44. The second-order valence-corrected chi connectivity index (χ2v) is 13.7. The fourth-order valence-electron chi connectivity index (χ4n) is 7.53. The summed E-state index contributed by atoms with van der Waals surface area (Å²) in [6.45, 7) is -0.562. The van der Waals surface area contributed by atoms with Crippen molar-refractivity contribution in [1.82, 2.24) is 0 Å². The normalized spacial score (nSPS) is 27.9. The van der Waals surface area contributed by atoms with E-state index in [0.717, 1.165) is 11.1 Å². The van der Waals surface area contributed by atoms with Gasteiger partial charge in [0.1, 0.15) is 30.5 Å². The minimum atomic E-state index is -1.71. The fourth-order valence-corrected chi connectivity index (χ4v) is 7.53. The summed E-state index contributed by atoms with van der Waals surface area (Å²) in [5, 5.41) is 73.1. The van der Waals surface area contributed by atoms with Crippen molar-refractivity contribution in [2.75, 3.05) is 69.1 Å². The Hall–Kier alpha value is -4.50. The summed E-state index contributed by atoms with van der Waals surface area (Å²) in [6.07, 6.45) is -11.3. The number of methoxy groups -OCH3 is 6. The van der Waals surface area contributed by atoms with Crippen molar-refractivity contribution in [3.05, 3.63) is 53.1 Å². The van der Waals surface area contributed by atoms with E-state index in [1.165, 1.54) is 54.8 Å². The number of phenolic OH excluding ortho intramolecular Hbond substituents is 1. The second kappa shape index (κ2) is 18.0. The van der Waals surface area contributed by atoms with Crippen molar-refractivity contribution in [2.45, 2.75) is 55.1 Å². The molecule has 3 aromatic carbocycles. The van der Waals surface area contributed by atoms with Crippen LogP contribution in [0.5, 0.6) is 51.7 Å². The highest BCUT2D eigenvalue weighted by molar-refractivity contribution is 5.57. The Labute approximate surface area is 328 Å². The van der Waals surface area contributed by atoms with Crippen LogP contribution in [0.2, 0.25) is 0 Å². The van der Waals surface area contributed by atoms with Crippen LogP contribution in [0, 0.1) is 11.8 Å². The van der Waals surface area contributed by atoms with Crippen molar-refractivity contribution < 1.29 is 87.9 Å². The number of phenols is 1. The molecule has 57 heavy (non-hydrogen) atoms. The van der Waals surface area contributed by atoms with Crippen LogP contribution in [0.4, 0.5) is 0 Å². The molecular weight excluding hydrogens is 756 g/mol. The third-order valence-corrected chi connectivity index (χ3v) is 10.6. The van der Waals surface area contributed by atoms with Gasteiger partial charge >= 0.3 is 0 Å². The zero-order chi connectivity index (χ0) is 41.1. The van der Waals surface area contributed by atoms with Gasteiger partial charge in [0.15, 0.2) is 40.6 Å². The van der Waals surface area contributed by atoms with Gasteiger partial charge in [-0.25, -0.2) is 0 Å². The highest BCUT2D eigenvalue weighted by Crippen LogP contribution is 2.54. The molecule has 7 N–H and O–H groups in total. The number of aliphatic hydroxyl groups is 6. The number of aliphatic hydroxyl groups excluding tert-OH is 6. The van der Waals surface area contributed by atoms with E-state index < -0.39 is 62.2 Å². The number of hydrogen-bond acceptors (Lipinski definition) is 18. The monoisotopic (exact) mass is 806 g/mol. The minimum absolute atomic E-state index is 0.00764. The Morgan fingerprint density at radius 2 is 1.09 bits per heavy atom. The van der Waals surface area contributed by atoms with Gasteiger partial charge in [-0.3, -0.25) is 0 Å². The van der Waals surface area contributed by atoms with Gasteiger partial charge in [-0.2, -0.15) is 0 Å². The van der Waals surface area contributed by atoms with Crippen LogP contribution in [-0.4, -0.2) is 142 Å². The lowest BCUT2D eigenvalue weighted by atomic mass is 9.84. The van der Waals surface area contributed by atoms with E-state index in [0.29, 0.717) is 13.2 Å². The maximum atomic E-state index is 11.6. The Balaban J connectivity index is 1.23. The van der Waals surface area contributed by atoms with Crippen LogP contribution in [0.1, 0.15) is 35.0 Å². The molecule has 3 fully saturated rings. The first kappa shape index (κ1) is 42.1. The van der Waals surface area contributed by atoms with Crippen LogP contribution in [0.3, 0.4) is 0 Å². The topological polar surface area (TPSA) is 243 Å². The molecule has 0 amide bonds. The predicted octanol–water partition coefficient (Wildman–Crippen LogP) is 1.17. The number of rotatable bonds is 16. The third-order valence-electron chi connectivity index (χ3n) is 10.6. The molecule has 3 saturated heterocycles. The highest BCUT2D eigenvalue weighted by atomic mass is 16.7. The van der Waals surface area contributed by atoms with Gasteiger partial charge < -0.3 is 87.9 Å². The molecule has 3 aromatic rings. The van der Waals surface area contributed by atoms with Gasteiger partial charge in [0.2, 0.25) is 23.5 Å². The lowest BCUT2D eigenvalue weighted by Gasteiger charge is -2.39. The third kappa shape index (κ3) is 8.01. The van der Waals surface area contributed by atoms with E-state index in [4.69, 9.17) is 52.1 Å². The minimum Gasteiger partial charge on any atom is -0.502 e. The van der Waals surface area contributed by atoms with Gasteiger partial charge in [-0.05, 0) is 53.1 Å². The van der Waals surface area contributed by atoms with E-state index in [2.05, 4.69) is 0 Å². The molecule has 0 unspecified atom stereocenters. The quantitative estimate of drug-likeness (QED) is 0.107. The van der Waals surface area contributed by atoms with Crippen LogP contribution in [0.15, 0.2) is 36.4 Å². The molecular formula is C39H50O18. The van der Waals surface area contributed by atoms with Gasteiger partial charge in [0.05, 0.1) is 81.3 Å². The van der Waals surface area contributed by atoms with Crippen LogP contribution >= 0.6 is 0 Å². The standard InChI is InChI=1S/C39H50O18/c1-47-22-9-18(10-23(48-2)31(22)43)35-20-15-54-36(21(20)16-53-35)19-11-26(51-5)37(27(12-19)52-6)55-28(13-40)30(42)17-7-24(49-3)38(25(8-17)50-4)57-39-34(46)33(45)32(44)29(14-41)56-39/h7-12,20-21,28-30,32-36,39-46H,13-16H2,1-6H3/t20-,21-,28-,29-,30-,32-,33+,34-,35+,36+,39+/m1/s1. The van der Waals surface area contributed by atoms with Gasteiger partial charge in [-0.1, -0.05) is 0 Å². The molecule has 3 aliphatic heterocycles. The van der Waals surface area contributed by atoms with Crippen LogP contribution in [-0.2, 0) is 14.2 Å². The Kier molecular flexibility index (Phi) is 13.3. The maximum Gasteiger partial charge on any atom is 0.229 e. The van der Waals surface area contributed by atoms with Crippen LogP contribution < -0.4 is 37.9 Å². The Bertz CT molecular complexity index is 1760. The molecule has 0 spiro atoms. The van der Waals surface area contributed by atoms with Crippen molar-refractivity contribution in [3.8, 4) is 51.7 Å². The molecule has 18 heteroatoms. The van der Waals surface area contributed by atoms with E-state index in [1.807, 2.05) is 0 Å². The average molecular weight is 807 g/mol. The molecule has 6 rings (SSSR count). The summed E-state index contributed by atoms with van der Waals surface area (Å²) in [4.78, 5) is 0.